The largest absolute Gasteiger partial charge is 0.364 e. The lowest BCUT2D eigenvalue weighted by molar-refractivity contribution is -0.0431. The fourth-order valence-corrected chi connectivity index (χ4v) is 0.747. The van der Waals surface area contributed by atoms with E-state index in [4.69, 9.17) is 10.2 Å². The van der Waals surface area contributed by atoms with Gasteiger partial charge in [0, 0.05) is 18.0 Å². The Bertz CT molecular complexity index is 223. The summed E-state index contributed by atoms with van der Waals surface area (Å²) < 4.78 is 0. The van der Waals surface area contributed by atoms with Gasteiger partial charge in [-0.25, -0.2) is 0 Å². The second-order valence-electron chi connectivity index (χ2n) is 2.11. The van der Waals surface area contributed by atoms with Crippen molar-refractivity contribution in [3.8, 4) is 0 Å². The normalized spacial score (nSPS) is 10.4. The van der Waals surface area contributed by atoms with Gasteiger partial charge in [0.15, 0.2) is 6.29 Å². The van der Waals surface area contributed by atoms with Crippen LogP contribution in [0.2, 0.25) is 0 Å². The highest BCUT2D eigenvalue weighted by molar-refractivity contribution is 5.21. The van der Waals surface area contributed by atoms with E-state index in [-0.39, 0.29) is 0 Å². The smallest absolute Gasteiger partial charge is 0.180 e. The molecule has 0 amide bonds. The monoisotopic (exact) mass is 139 g/mol. The standard InChI is InChI=1S/C7H9NO2/c1-5-2-3-8-4-6(5)7(9)10/h2-4,7,9-10H,1H3. The number of rotatable bonds is 1. The molecule has 0 aliphatic carbocycles. The molecule has 0 aromatic carbocycles. The van der Waals surface area contributed by atoms with Crippen molar-refractivity contribution in [3.63, 3.8) is 0 Å². The van der Waals surface area contributed by atoms with Gasteiger partial charge in [0.05, 0.1) is 0 Å². The average molecular weight is 139 g/mol. The van der Waals surface area contributed by atoms with Crippen LogP contribution in [0.4, 0.5) is 0 Å². The number of hydrogen-bond acceptors (Lipinski definition) is 3. The Labute approximate surface area is 59.0 Å². The van der Waals surface area contributed by atoms with Crippen LogP contribution in [0.3, 0.4) is 0 Å². The van der Waals surface area contributed by atoms with Gasteiger partial charge in [-0.15, -0.1) is 0 Å². The van der Waals surface area contributed by atoms with Crippen molar-refractivity contribution in [2.45, 2.75) is 13.2 Å². The molecule has 0 radical (unpaired) electrons. The van der Waals surface area contributed by atoms with Crippen LogP contribution in [-0.4, -0.2) is 15.2 Å². The van der Waals surface area contributed by atoms with Crippen LogP contribution in [-0.2, 0) is 0 Å². The predicted octanol–water partition coefficient (Wildman–Crippen LogP) is 0.373. The van der Waals surface area contributed by atoms with E-state index in [1.807, 2.05) is 0 Å². The summed E-state index contributed by atoms with van der Waals surface area (Å²) >= 11 is 0. The number of aliphatic hydroxyl groups is 2. The maximum Gasteiger partial charge on any atom is 0.180 e. The fourth-order valence-electron chi connectivity index (χ4n) is 0.747. The molecule has 0 fully saturated rings. The molecule has 1 heterocycles. The topological polar surface area (TPSA) is 53.4 Å². The van der Waals surface area contributed by atoms with Crippen LogP contribution >= 0.6 is 0 Å². The van der Waals surface area contributed by atoms with Crippen LogP contribution in [0.15, 0.2) is 18.5 Å². The van der Waals surface area contributed by atoms with Gasteiger partial charge in [-0.2, -0.15) is 0 Å². The van der Waals surface area contributed by atoms with Gasteiger partial charge in [-0.3, -0.25) is 4.98 Å². The molecule has 54 valence electrons. The average Bonchev–Trinajstić information content (AvgIpc) is 1.88. The zero-order chi connectivity index (χ0) is 7.56. The summed E-state index contributed by atoms with van der Waals surface area (Å²) in [6.07, 6.45) is 1.65. The van der Waals surface area contributed by atoms with Crippen molar-refractivity contribution in [2.24, 2.45) is 0 Å². The minimum Gasteiger partial charge on any atom is -0.364 e. The summed E-state index contributed by atoms with van der Waals surface area (Å²) in [6.45, 7) is 1.80. The third-order valence-electron chi connectivity index (χ3n) is 1.36. The van der Waals surface area contributed by atoms with Crippen molar-refractivity contribution in [1.82, 2.24) is 4.98 Å². The first-order valence-electron chi connectivity index (χ1n) is 2.98. The summed E-state index contributed by atoms with van der Waals surface area (Å²) in [5.41, 5.74) is 1.30. The van der Waals surface area contributed by atoms with Crippen molar-refractivity contribution in [3.05, 3.63) is 29.6 Å². The molecule has 2 N–H and O–H groups in total. The van der Waals surface area contributed by atoms with E-state index in [2.05, 4.69) is 4.98 Å². The number of aliphatic hydroxyl groups excluding tert-OH is 1. The highest BCUT2D eigenvalue weighted by Gasteiger charge is 2.03. The lowest BCUT2D eigenvalue weighted by Gasteiger charge is -2.04. The van der Waals surface area contributed by atoms with Crippen LogP contribution < -0.4 is 0 Å². The van der Waals surface area contributed by atoms with E-state index in [0.29, 0.717) is 5.56 Å². The molecule has 3 nitrogen and oxygen atoms in total. The van der Waals surface area contributed by atoms with Gasteiger partial charge in [0.25, 0.3) is 0 Å². The zero-order valence-corrected chi connectivity index (χ0v) is 5.65. The lowest BCUT2D eigenvalue weighted by atomic mass is 10.1. The van der Waals surface area contributed by atoms with E-state index >= 15 is 0 Å². The molecule has 10 heavy (non-hydrogen) atoms. The Balaban J connectivity index is 3.03. The summed E-state index contributed by atoms with van der Waals surface area (Å²) in [5.74, 6) is 0. The van der Waals surface area contributed by atoms with Crippen LogP contribution in [0, 0.1) is 6.92 Å². The Kier molecular flexibility index (Phi) is 1.99. The van der Waals surface area contributed by atoms with Crippen molar-refractivity contribution < 1.29 is 10.2 Å². The summed E-state index contributed by atoms with van der Waals surface area (Å²) in [5, 5.41) is 17.4. The third-order valence-corrected chi connectivity index (χ3v) is 1.36. The van der Waals surface area contributed by atoms with E-state index < -0.39 is 6.29 Å². The number of hydrogen-bond donors (Lipinski definition) is 2. The maximum atomic E-state index is 8.72. The van der Waals surface area contributed by atoms with E-state index in [1.165, 1.54) is 6.20 Å². The van der Waals surface area contributed by atoms with Crippen LogP contribution in [0.5, 0.6) is 0 Å². The van der Waals surface area contributed by atoms with E-state index in [0.717, 1.165) is 5.56 Å². The fraction of sp³-hybridized carbons (Fsp3) is 0.286. The molecule has 0 atom stereocenters. The van der Waals surface area contributed by atoms with Crippen molar-refractivity contribution in [1.29, 1.82) is 0 Å². The summed E-state index contributed by atoms with van der Waals surface area (Å²) in [7, 11) is 0. The predicted molar refractivity (Wildman–Crippen MR) is 36.2 cm³/mol. The SMILES string of the molecule is Cc1ccncc1C(O)O. The molecule has 1 aromatic rings. The molecule has 0 bridgehead atoms. The minimum absolute atomic E-state index is 0.461. The van der Waals surface area contributed by atoms with Crippen molar-refractivity contribution >= 4 is 0 Å². The van der Waals surface area contributed by atoms with Gasteiger partial charge in [-0.1, -0.05) is 0 Å². The molecule has 0 saturated carbocycles. The summed E-state index contributed by atoms with van der Waals surface area (Å²) in [4.78, 5) is 3.75. The first-order valence-corrected chi connectivity index (χ1v) is 2.98. The number of aromatic nitrogens is 1. The highest BCUT2D eigenvalue weighted by Crippen LogP contribution is 2.11. The quantitative estimate of drug-likeness (QED) is 0.553. The maximum absolute atomic E-state index is 8.72. The molecule has 1 aromatic heterocycles. The Hall–Kier alpha value is -0.930. The highest BCUT2D eigenvalue weighted by atomic mass is 16.5. The van der Waals surface area contributed by atoms with Crippen LogP contribution in [0.25, 0.3) is 0 Å². The second-order valence-corrected chi connectivity index (χ2v) is 2.11. The van der Waals surface area contributed by atoms with Gasteiger partial charge in [-0.05, 0) is 18.6 Å². The Morgan fingerprint density at radius 2 is 2.20 bits per heavy atom. The number of pyridine rings is 1. The zero-order valence-electron chi connectivity index (χ0n) is 5.65. The molecule has 0 unspecified atom stereocenters. The summed E-state index contributed by atoms with van der Waals surface area (Å²) in [6, 6.07) is 1.73. The van der Waals surface area contributed by atoms with Gasteiger partial charge in [0.2, 0.25) is 0 Å². The first kappa shape index (κ1) is 7.18. The van der Waals surface area contributed by atoms with Gasteiger partial charge in [0.1, 0.15) is 0 Å². The Morgan fingerprint density at radius 3 is 2.60 bits per heavy atom. The van der Waals surface area contributed by atoms with Gasteiger partial charge >= 0.3 is 0 Å². The third kappa shape index (κ3) is 1.32. The molecule has 0 saturated heterocycles. The lowest BCUT2D eigenvalue weighted by Crippen LogP contribution is -1.97. The second kappa shape index (κ2) is 2.77. The first-order chi connectivity index (χ1) is 4.72. The van der Waals surface area contributed by atoms with Crippen LogP contribution in [0.1, 0.15) is 17.4 Å². The molecule has 0 aliphatic heterocycles. The minimum atomic E-state index is -1.41. The molecule has 3 heteroatoms. The Morgan fingerprint density at radius 1 is 1.50 bits per heavy atom. The number of nitrogens with zero attached hydrogens (tertiary/aromatic N) is 1. The van der Waals surface area contributed by atoms with E-state index in [1.54, 1.807) is 19.2 Å². The molecule has 0 spiro atoms. The molecule has 1 rings (SSSR count). The van der Waals surface area contributed by atoms with Crippen molar-refractivity contribution in [2.75, 3.05) is 0 Å². The molecule has 0 aliphatic rings. The number of aryl methyl sites for hydroxylation is 1. The van der Waals surface area contributed by atoms with Gasteiger partial charge < -0.3 is 10.2 Å². The molecular weight excluding hydrogens is 130 g/mol. The molecular formula is C7H9NO2. The van der Waals surface area contributed by atoms with E-state index in [9.17, 15) is 0 Å².